The minimum Gasteiger partial charge on any atom is -0.337 e. The molecule has 16 heavy (non-hydrogen) atoms. The molecule has 1 saturated heterocycles. The molecule has 0 aromatic heterocycles. The molecular formula is C12H15ClN2O. The van der Waals surface area contributed by atoms with Crippen LogP contribution in [0.5, 0.6) is 0 Å². The van der Waals surface area contributed by atoms with Crippen molar-refractivity contribution in [1.29, 1.82) is 0 Å². The number of nitrogens with one attached hydrogen (secondary N) is 1. The molecule has 0 saturated carbocycles. The average Bonchev–Trinajstić information content (AvgIpc) is 2.81. The van der Waals surface area contributed by atoms with E-state index in [2.05, 4.69) is 5.32 Å². The van der Waals surface area contributed by atoms with Crippen LogP contribution in [-0.4, -0.2) is 37.0 Å². The number of hydrogen-bond acceptors (Lipinski definition) is 2. The van der Waals surface area contributed by atoms with Crippen LogP contribution in [0.15, 0.2) is 24.3 Å². The van der Waals surface area contributed by atoms with Gasteiger partial charge in [0.05, 0.1) is 0 Å². The van der Waals surface area contributed by atoms with Crippen LogP contribution in [-0.2, 0) is 0 Å². The maximum Gasteiger partial charge on any atom is 0.253 e. The summed E-state index contributed by atoms with van der Waals surface area (Å²) < 4.78 is 0. The molecule has 4 heteroatoms. The van der Waals surface area contributed by atoms with E-state index in [0.717, 1.165) is 19.5 Å². The van der Waals surface area contributed by atoms with Gasteiger partial charge >= 0.3 is 0 Å². The summed E-state index contributed by atoms with van der Waals surface area (Å²) in [5.74, 6) is 0.0605. The van der Waals surface area contributed by atoms with Crippen LogP contribution in [0.3, 0.4) is 0 Å². The monoisotopic (exact) mass is 238 g/mol. The lowest BCUT2D eigenvalue weighted by atomic mass is 10.1. The second-order valence-corrected chi connectivity index (χ2v) is 4.51. The first-order valence-corrected chi connectivity index (χ1v) is 5.80. The largest absolute Gasteiger partial charge is 0.337 e. The number of nitrogens with zero attached hydrogens (tertiary/aromatic N) is 1. The molecule has 1 aromatic carbocycles. The fourth-order valence-electron chi connectivity index (χ4n) is 1.93. The van der Waals surface area contributed by atoms with Crippen LogP contribution in [0.4, 0.5) is 0 Å². The van der Waals surface area contributed by atoms with Crippen LogP contribution in [0.2, 0.25) is 5.02 Å². The highest BCUT2D eigenvalue weighted by molar-refractivity contribution is 6.30. The zero-order valence-corrected chi connectivity index (χ0v) is 10.00. The second-order valence-electron chi connectivity index (χ2n) is 4.07. The Morgan fingerprint density at radius 3 is 2.69 bits per heavy atom. The van der Waals surface area contributed by atoms with Crippen LogP contribution in [0.25, 0.3) is 0 Å². The van der Waals surface area contributed by atoms with Crippen LogP contribution in [0.1, 0.15) is 16.8 Å². The summed E-state index contributed by atoms with van der Waals surface area (Å²) in [5, 5.41) is 3.91. The Kier molecular flexibility index (Phi) is 3.46. The Balaban J connectivity index is 2.08. The molecule has 3 nitrogen and oxygen atoms in total. The van der Waals surface area contributed by atoms with Gasteiger partial charge in [-0.05, 0) is 37.2 Å². The van der Waals surface area contributed by atoms with Crippen LogP contribution < -0.4 is 5.32 Å². The van der Waals surface area contributed by atoms with E-state index in [0.29, 0.717) is 16.6 Å². The number of carbonyl (C=O) groups excluding carboxylic acids is 1. The molecule has 1 aliphatic rings. The predicted molar refractivity (Wildman–Crippen MR) is 64.8 cm³/mol. The number of likely N-dealkylation sites (N-methyl/N-ethyl adjacent to an activating group) is 1. The van der Waals surface area contributed by atoms with Gasteiger partial charge in [-0.15, -0.1) is 0 Å². The predicted octanol–water partition coefficient (Wildman–Crippen LogP) is 1.77. The maximum atomic E-state index is 12.1. The zero-order chi connectivity index (χ0) is 11.5. The standard InChI is InChI=1S/C12H15ClN2O/c1-15(11-6-7-14-8-11)12(16)9-2-4-10(13)5-3-9/h2-5,11,14H,6-8H2,1H3/t11-/m1/s1. The Labute approximate surface area is 100 Å². The van der Waals surface area contributed by atoms with Gasteiger partial charge in [0.2, 0.25) is 0 Å². The topological polar surface area (TPSA) is 32.3 Å². The third kappa shape index (κ3) is 2.36. The highest BCUT2D eigenvalue weighted by Crippen LogP contribution is 2.14. The molecule has 1 aromatic rings. The number of amides is 1. The van der Waals surface area contributed by atoms with Crippen molar-refractivity contribution in [3.8, 4) is 0 Å². The Morgan fingerprint density at radius 2 is 2.12 bits per heavy atom. The highest BCUT2D eigenvalue weighted by Gasteiger charge is 2.23. The van der Waals surface area contributed by atoms with Gasteiger partial charge < -0.3 is 10.2 Å². The van der Waals surface area contributed by atoms with E-state index in [9.17, 15) is 4.79 Å². The van der Waals surface area contributed by atoms with Gasteiger partial charge in [-0.3, -0.25) is 4.79 Å². The van der Waals surface area contributed by atoms with Crippen molar-refractivity contribution in [3.63, 3.8) is 0 Å². The van der Waals surface area contributed by atoms with E-state index >= 15 is 0 Å². The fraction of sp³-hybridized carbons (Fsp3) is 0.417. The van der Waals surface area contributed by atoms with Crippen LogP contribution in [0, 0.1) is 0 Å². The Bertz CT molecular complexity index is 371. The van der Waals surface area contributed by atoms with Crippen molar-refractivity contribution >= 4 is 17.5 Å². The molecule has 1 amide bonds. The van der Waals surface area contributed by atoms with Gasteiger partial charge in [0.1, 0.15) is 0 Å². The molecule has 1 fully saturated rings. The summed E-state index contributed by atoms with van der Waals surface area (Å²) in [6.45, 7) is 1.87. The zero-order valence-electron chi connectivity index (χ0n) is 9.24. The third-order valence-electron chi connectivity index (χ3n) is 2.99. The van der Waals surface area contributed by atoms with Gasteiger partial charge in [-0.25, -0.2) is 0 Å². The summed E-state index contributed by atoms with van der Waals surface area (Å²) >= 11 is 5.79. The van der Waals surface area contributed by atoms with E-state index < -0.39 is 0 Å². The van der Waals surface area contributed by atoms with Crippen molar-refractivity contribution in [3.05, 3.63) is 34.9 Å². The van der Waals surface area contributed by atoms with Crippen molar-refractivity contribution < 1.29 is 4.79 Å². The van der Waals surface area contributed by atoms with Gasteiger partial charge in [-0.1, -0.05) is 11.6 Å². The van der Waals surface area contributed by atoms with E-state index in [1.54, 1.807) is 24.3 Å². The summed E-state index contributed by atoms with van der Waals surface area (Å²) in [6.07, 6.45) is 1.02. The minimum absolute atomic E-state index is 0.0605. The lowest BCUT2D eigenvalue weighted by molar-refractivity contribution is 0.0744. The number of benzene rings is 1. The minimum atomic E-state index is 0.0605. The molecule has 1 atom stereocenters. The molecule has 1 N–H and O–H groups in total. The normalized spacial score (nSPS) is 19.8. The molecule has 0 bridgehead atoms. The molecule has 0 spiro atoms. The van der Waals surface area contributed by atoms with Gasteiger partial charge in [0.15, 0.2) is 0 Å². The fourth-order valence-corrected chi connectivity index (χ4v) is 2.06. The first-order chi connectivity index (χ1) is 7.68. The first-order valence-electron chi connectivity index (χ1n) is 5.42. The summed E-state index contributed by atoms with van der Waals surface area (Å²) in [6, 6.07) is 7.33. The average molecular weight is 239 g/mol. The third-order valence-corrected chi connectivity index (χ3v) is 3.25. The number of carbonyl (C=O) groups is 1. The van der Waals surface area contributed by atoms with Gasteiger partial charge in [-0.2, -0.15) is 0 Å². The van der Waals surface area contributed by atoms with Crippen molar-refractivity contribution in [1.82, 2.24) is 10.2 Å². The quantitative estimate of drug-likeness (QED) is 0.852. The summed E-state index contributed by atoms with van der Waals surface area (Å²) in [7, 11) is 1.86. The molecule has 86 valence electrons. The van der Waals surface area contributed by atoms with Gasteiger partial charge in [0.25, 0.3) is 5.91 Å². The highest BCUT2D eigenvalue weighted by atomic mass is 35.5. The first kappa shape index (κ1) is 11.4. The molecule has 0 aliphatic carbocycles. The lowest BCUT2D eigenvalue weighted by Crippen LogP contribution is -2.38. The van der Waals surface area contributed by atoms with Gasteiger partial charge in [0, 0.05) is 30.2 Å². The number of halogens is 1. The smallest absolute Gasteiger partial charge is 0.253 e. The Hall–Kier alpha value is -1.06. The van der Waals surface area contributed by atoms with Crippen molar-refractivity contribution in [2.24, 2.45) is 0 Å². The molecule has 2 rings (SSSR count). The second kappa shape index (κ2) is 4.85. The molecule has 1 aliphatic heterocycles. The molecule has 0 radical (unpaired) electrons. The Morgan fingerprint density at radius 1 is 1.44 bits per heavy atom. The summed E-state index contributed by atoms with van der Waals surface area (Å²) in [4.78, 5) is 13.9. The van der Waals surface area contributed by atoms with E-state index in [1.807, 2.05) is 11.9 Å². The summed E-state index contributed by atoms with van der Waals surface area (Å²) in [5.41, 5.74) is 0.693. The van der Waals surface area contributed by atoms with Crippen LogP contribution >= 0.6 is 11.6 Å². The molecule has 1 heterocycles. The maximum absolute atomic E-state index is 12.1. The number of rotatable bonds is 2. The van der Waals surface area contributed by atoms with Crippen molar-refractivity contribution in [2.75, 3.05) is 20.1 Å². The van der Waals surface area contributed by atoms with Crippen molar-refractivity contribution in [2.45, 2.75) is 12.5 Å². The van der Waals surface area contributed by atoms with E-state index in [1.165, 1.54) is 0 Å². The molecule has 0 unspecified atom stereocenters. The number of hydrogen-bond donors (Lipinski definition) is 1. The molecular weight excluding hydrogens is 224 g/mol. The van der Waals surface area contributed by atoms with E-state index in [4.69, 9.17) is 11.6 Å². The van der Waals surface area contributed by atoms with E-state index in [-0.39, 0.29) is 5.91 Å². The lowest BCUT2D eigenvalue weighted by Gasteiger charge is -2.23. The SMILES string of the molecule is CN(C(=O)c1ccc(Cl)cc1)[C@@H]1CCNC1.